The van der Waals surface area contributed by atoms with Crippen LogP contribution in [-0.4, -0.2) is 32.5 Å². The first-order valence-electron chi connectivity index (χ1n) is 8.47. The molecule has 0 aliphatic heterocycles. The molecule has 148 valence electrons. The van der Waals surface area contributed by atoms with Crippen molar-refractivity contribution < 1.29 is 18.3 Å². The predicted molar refractivity (Wildman–Crippen MR) is 106 cm³/mol. The van der Waals surface area contributed by atoms with Gasteiger partial charge in [0, 0.05) is 12.2 Å². The van der Waals surface area contributed by atoms with Crippen molar-refractivity contribution in [3.05, 3.63) is 41.8 Å². The lowest BCUT2D eigenvalue weighted by atomic mass is 10.3. The number of thioether (sulfide) groups is 1. The minimum atomic E-state index is -2.88. The third-order valence-electron chi connectivity index (χ3n) is 3.77. The summed E-state index contributed by atoms with van der Waals surface area (Å²) in [6.45, 7) is 1.57. The van der Waals surface area contributed by atoms with Gasteiger partial charge in [-0.15, -0.1) is 21.5 Å². The van der Waals surface area contributed by atoms with Crippen LogP contribution in [0.25, 0.3) is 10.7 Å². The quantitative estimate of drug-likeness (QED) is 0.529. The molecule has 0 aliphatic rings. The van der Waals surface area contributed by atoms with Crippen molar-refractivity contribution in [2.24, 2.45) is 0 Å². The van der Waals surface area contributed by atoms with Crippen molar-refractivity contribution in [3.8, 4) is 16.5 Å². The van der Waals surface area contributed by atoms with E-state index in [0.29, 0.717) is 17.4 Å². The van der Waals surface area contributed by atoms with Crippen molar-refractivity contribution in [2.75, 3.05) is 5.32 Å². The van der Waals surface area contributed by atoms with Gasteiger partial charge in [0.15, 0.2) is 11.0 Å². The van der Waals surface area contributed by atoms with E-state index >= 15 is 0 Å². The standard InChI is InChI=1S/C18H18F2N4O2S2/c1-3-24-15(14-5-4-10-27-14)22-23-18(24)28-11(2)16(25)21-12-6-8-13(9-7-12)26-17(19)20/h4-11,17H,3H2,1-2H3,(H,21,25). The Bertz CT molecular complexity index is 914. The van der Waals surface area contributed by atoms with Crippen LogP contribution in [0.3, 0.4) is 0 Å². The van der Waals surface area contributed by atoms with Gasteiger partial charge in [-0.05, 0) is 49.6 Å². The summed E-state index contributed by atoms with van der Waals surface area (Å²) in [7, 11) is 0. The topological polar surface area (TPSA) is 69.0 Å². The molecule has 0 radical (unpaired) electrons. The molecular weight excluding hydrogens is 406 g/mol. The fourth-order valence-electron chi connectivity index (χ4n) is 2.42. The van der Waals surface area contributed by atoms with Gasteiger partial charge >= 0.3 is 6.61 Å². The van der Waals surface area contributed by atoms with E-state index in [0.717, 1.165) is 10.7 Å². The summed E-state index contributed by atoms with van der Waals surface area (Å²) in [5.41, 5.74) is 0.496. The highest BCUT2D eigenvalue weighted by atomic mass is 32.2. The lowest BCUT2D eigenvalue weighted by Gasteiger charge is -2.13. The Hall–Kier alpha value is -2.46. The molecular formula is C18H18F2N4O2S2. The highest BCUT2D eigenvalue weighted by molar-refractivity contribution is 8.00. The number of thiophene rings is 1. The lowest BCUT2D eigenvalue weighted by Crippen LogP contribution is -2.23. The van der Waals surface area contributed by atoms with Crippen LogP contribution in [0.5, 0.6) is 5.75 Å². The lowest BCUT2D eigenvalue weighted by molar-refractivity contribution is -0.115. The van der Waals surface area contributed by atoms with Gasteiger partial charge in [-0.25, -0.2) is 0 Å². The van der Waals surface area contributed by atoms with Gasteiger partial charge in [0.2, 0.25) is 5.91 Å². The van der Waals surface area contributed by atoms with E-state index < -0.39 is 11.9 Å². The second-order valence-corrected chi connectivity index (χ2v) is 7.94. The van der Waals surface area contributed by atoms with Crippen LogP contribution >= 0.6 is 23.1 Å². The zero-order valence-electron chi connectivity index (χ0n) is 15.1. The average Bonchev–Trinajstić information content (AvgIpc) is 3.32. The maximum atomic E-state index is 12.5. The van der Waals surface area contributed by atoms with Crippen LogP contribution in [0.15, 0.2) is 46.9 Å². The molecule has 6 nitrogen and oxygen atoms in total. The smallest absolute Gasteiger partial charge is 0.387 e. The van der Waals surface area contributed by atoms with Crippen LogP contribution in [0, 0.1) is 0 Å². The first-order chi connectivity index (χ1) is 13.5. The number of nitrogens with zero attached hydrogens (tertiary/aromatic N) is 3. The molecule has 0 spiro atoms. The summed E-state index contributed by atoms with van der Waals surface area (Å²) in [6.07, 6.45) is 0. The Morgan fingerprint density at radius 3 is 2.64 bits per heavy atom. The predicted octanol–water partition coefficient (Wildman–Crippen LogP) is 4.75. The van der Waals surface area contributed by atoms with E-state index in [1.54, 1.807) is 18.3 Å². The minimum absolute atomic E-state index is 0.0348. The maximum Gasteiger partial charge on any atom is 0.387 e. The van der Waals surface area contributed by atoms with Crippen molar-refractivity contribution in [3.63, 3.8) is 0 Å². The molecule has 2 heterocycles. The molecule has 1 N–H and O–H groups in total. The monoisotopic (exact) mass is 424 g/mol. The Labute approximate surface area is 168 Å². The van der Waals surface area contributed by atoms with E-state index in [2.05, 4.69) is 20.3 Å². The van der Waals surface area contributed by atoms with E-state index in [-0.39, 0.29) is 11.7 Å². The molecule has 2 aromatic heterocycles. The van der Waals surface area contributed by atoms with Crippen LogP contribution in [-0.2, 0) is 11.3 Å². The Kier molecular flexibility index (Phi) is 6.63. The highest BCUT2D eigenvalue weighted by Crippen LogP contribution is 2.29. The van der Waals surface area contributed by atoms with Crippen LogP contribution < -0.4 is 10.1 Å². The largest absolute Gasteiger partial charge is 0.435 e. The van der Waals surface area contributed by atoms with Crippen molar-refractivity contribution in [1.82, 2.24) is 14.8 Å². The summed E-state index contributed by atoms with van der Waals surface area (Å²) in [6, 6.07) is 9.70. The number of ether oxygens (including phenoxy) is 1. The number of alkyl halides is 2. The number of carbonyl (C=O) groups is 1. The average molecular weight is 424 g/mol. The van der Waals surface area contributed by atoms with E-state index in [4.69, 9.17) is 0 Å². The first kappa shape index (κ1) is 20.3. The molecule has 1 atom stereocenters. The number of hydrogen-bond donors (Lipinski definition) is 1. The summed E-state index contributed by atoms with van der Waals surface area (Å²) in [4.78, 5) is 13.5. The Morgan fingerprint density at radius 1 is 1.29 bits per heavy atom. The zero-order chi connectivity index (χ0) is 20.1. The van der Waals surface area contributed by atoms with Gasteiger partial charge in [0.05, 0.1) is 10.1 Å². The number of aromatic nitrogens is 3. The molecule has 1 amide bonds. The van der Waals surface area contributed by atoms with E-state index in [9.17, 15) is 13.6 Å². The summed E-state index contributed by atoms with van der Waals surface area (Å²) < 4.78 is 30.6. The van der Waals surface area contributed by atoms with Crippen LogP contribution in [0.2, 0.25) is 0 Å². The Balaban J connectivity index is 1.64. The fraction of sp³-hybridized carbons (Fsp3) is 0.278. The molecule has 1 unspecified atom stereocenters. The second-order valence-electron chi connectivity index (χ2n) is 5.68. The number of rotatable bonds is 8. The van der Waals surface area contributed by atoms with Gasteiger partial charge in [0.25, 0.3) is 0 Å². The molecule has 0 fully saturated rings. The number of halogens is 2. The van der Waals surface area contributed by atoms with Crippen molar-refractivity contribution in [1.29, 1.82) is 0 Å². The minimum Gasteiger partial charge on any atom is -0.435 e. The van der Waals surface area contributed by atoms with Crippen molar-refractivity contribution in [2.45, 2.75) is 37.4 Å². The maximum absolute atomic E-state index is 12.5. The van der Waals surface area contributed by atoms with Gasteiger partial charge in [-0.1, -0.05) is 17.8 Å². The number of hydrogen-bond acceptors (Lipinski definition) is 6. The third-order valence-corrected chi connectivity index (χ3v) is 5.72. The second kappa shape index (κ2) is 9.16. The molecule has 3 aromatic rings. The summed E-state index contributed by atoms with van der Waals surface area (Å²) in [5, 5.41) is 13.4. The van der Waals surface area contributed by atoms with Gasteiger partial charge in [-0.2, -0.15) is 8.78 Å². The van der Waals surface area contributed by atoms with Crippen molar-refractivity contribution >= 4 is 34.7 Å². The summed E-state index contributed by atoms with van der Waals surface area (Å²) >= 11 is 2.89. The fourth-order valence-corrected chi connectivity index (χ4v) is 4.05. The molecule has 0 bridgehead atoms. The molecule has 0 saturated carbocycles. The van der Waals surface area contributed by atoms with Crippen LogP contribution in [0.1, 0.15) is 13.8 Å². The first-order valence-corrected chi connectivity index (χ1v) is 10.2. The SMILES string of the molecule is CCn1c(SC(C)C(=O)Nc2ccc(OC(F)F)cc2)nnc1-c1cccs1. The normalized spacial score (nSPS) is 12.2. The molecule has 28 heavy (non-hydrogen) atoms. The third kappa shape index (κ3) is 4.87. The number of benzene rings is 1. The van der Waals surface area contributed by atoms with Crippen LogP contribution in [0.4, 0.5) is 14.5 Å². The number of anilines is 1. The molecule has 10 heteroatoms. The van der Waals surface area contributed by atoms with E-state index in [1.165, 1.54) is 36.0 Å². The number of carbonyl (C=O) groups excluding carboxylic acids is 1. The van der Waals surface area contributed by atoms with E-state index in [1.807, 2.05) is 29.0 Å². The molecule has 0 aliphatic carbocycles. The highest BCUT2D eigenvalue weighted by Gasteiger charge is 2.20. The zero-order valence-corrected chi connectivity index (χ0v) is 16.8. The summed E-state index contributed by atoms with van der Waals surface area (Å²) in [5.74, 6) is 0.589. The molecule has 3 rings (SSSR count). The van der Waals surface area contributed by atoms with Gasteiger partial charge in [0.1, 0.15) is 5.75 Å². The Morgan fingerprint density at radius 2 is 2.04 bits per heavy atom. The van der Waals surface area contributed by atoms with Gasteiger partial charge < -0.3 is 14.6 Å². The molecule has 1 aromatic carbocycles. The van der Waals surface area contributed by atoms with Gasteiger partial charge in [-0.3, -0.25) is 4.79 Å². The number of amides is 1. The number of nitrogens with one attached hydrogen (secondary N) is 1. The molecule has 0 saturated heterocycles.